The Labute approximate surface area is 167 Å². The van der Waals surface area contributed by atoms with E-state index in [1.807, 2.05) is 77.7 Å². The van der Waals surface area contributed by atoms with E-state index in [0.717, 1.165) is 32.8 Å². The molecule has 0 saturated carbocycles. The van der Waals surface area contributed by atoms with Gasteiger partial charge in [0.05, 0.1) is 10.2 Å². The molecular formula is C22H21N3O2S. The monoisotopic (exact) mass is 391 g/mol. The number of aryl methyl sites for hydroxylation is 1. The van der Waals surface area contributed by atoms with Crippen molar-refractivity contribution >= 4 is 33.1 Å². The number of benzene rings is 2. The molecule has 0 spiro atoms. The lowest BCUT2D eigenvalue weighted by Crippen LogP contribution is -2.15. The maximum absolute atomic E-state index is 12.7. The predicted molar refractivity (Wildman–Crippen MR) is 114 cm³/mol. The van der Waals surface area contributed by atoms with Crippen LogP contribution < -0.4 is 15.8 Å². The minimum absolute atomic E-state index is 0.124. The number of anilines is 1. The van der Waals surface area contributed by atoms with Gasteiger partial charge in [-0.05, 0) is 52.9 Å². The van der Waals surface area contributed by atoms with Crippen molar-refractivity contribution in [1.29, 1.82) is 0 Å². The molecule has 0 atom stereocenters. The molecule has 0 radical (unpaired) electrons. The third kappa shape index (κ3) is 3.78. The first kappa shape index (κ1) is 18.3. The van der Waals surface area contributed by atoms with E-state index in [1.165, 1.54) is 0 Å². The first-order valence-electron chi connectivity index (χ1n) is 8.99. The summed E-state index contributed by atoms with van der Waals surface area (Å²) in [5.41, 5.74) is 10.1. The second-order valence-corrected chi connectivity index (χ2v) is 7.50. The molecule has 0 saturated heterocycles. The molecule has 28 heavy (non-hydrogen) atoms. The first-order chi connectivity index (χ1) is 13.6. The van der Waals surface area contributed by atoms with Crippen LogP contribution in [0.1, 0.15) is 21.6 Å². The van der Waals surface area contributed by atoms with Gasteiger partial charge >= 0.3 is 0 Å². The van der Waals surface area contributed by atoms with Gasteiger partial charge in [0.25, 0.3) is 5.91 Å². The molecular weight excluding hydrogens is 370 g/mol. The van der Waals surface area contributed by atoms with Crippen molar-refractivity contribution in [1.82, 2.24) is 4.57 Å². The number of nitrogens with zero attached hydrogens (tertiary/aromatic N) is 1. The molecule has 2 aromatic heterocycles. The third-order valence-corrected chi connectivity index (χ3v) is 5.50. The highest BCUT2D eigenvalue weighted by molar-refractivity contribution is 7.17. The Hall–Kier alpha value is -3.09. The van der Waals surface area contributed by atoms with Gasteiger partial charge in [0.15, 0.2) is 0 Å². The largest absolute Gasteiger partial charge is 0.489 e. The number of rotatable bonds is 6. The topological polar surface area (TPSA) is 69.3 Å². The van der Waals surface area contributed by atoms with Crippen LogP contribution in [0, 0.1) is 0 Å². The quantitative estimate of drug-likeness (QED) is 0.507. The molecule has 4 aromatic rings. The third-order valence-electron chi connectivity index (χ3n) is 4.65. The number of thiophene rings is 1. The van der Waals surface area contributed by atoms with Crippen LogP contribution >= 0.6 is 11.3 Å². The fourth-order valence-electron chi connectivity index (χ4n) is 3.09. The maximum atomic E-state index is 12.7. The van der Waals surface area contributed by atoms with Crippen molar-refractivity contribution in [3.63, 3.8) is 0 Å². The Morgan fingerprint density at radius 1 is 1.11 bits per heavy atom. The van der Waals surface area contributed by atoms with Gasteiger partial charge in [0, 0.05) is 19.3 Å². The summed E-state index contributed by atoms with van der Waals surface area (Å²) in [5.74, 6) is 0.664. The Morgan fingerprint density at radius 2 is 1.93 bits per heavy atom. The molecule has 0 aliphatic rings. The molecule has 6 heteroatoms. The summed E-state index contributed by atoms with van der Waals surface area (Å²) in [7, 11) is 1.91. The molecule has 2 heterocycles. The van der Waals surface area contributed by atoms with E-state index < -0.39 is 0 Å². The molecule has 2 aromatic carbocycles. The molecule has 5 nitrogen and oxygen atoms in total. The number of carbonyl (C=O) groups is 1. The van der Waals surface area contributed by atoms with Gasteiger partial charge in [-0.1, -0.05) is 24.3 Å². The first-order valence-corrected chi connectivity index (χ1v) is 9.87. The van der Waals surface area contributed by atoms with E-state index in [9.17, 15) is 4.79 Å². The number of amides is 1. The van der Waals surface area contributed by atoms with Gasteiger partial charge in [-0.15, -0.1) is 11.3 Å². The van der Waals surface area contributed by atoms with Crippen molar-refractivity contribution in [3.05, 3.63) is 82.9 Å². The number of carbonyl (C=O) groups excluding carboxylic acids is 1. The fourth-order valence-corrected chi connectivity index (χ4v) is 3.94. The van der Waals surface area contributed by atoms with Gasteiger partial charge < -0.3 is 20.4 Å². The lowest BCUT2D eigenvalue weighted by atomic mass is 10.2. The van der Waals surface area contributed by atoms with Gasteiger partial charge in [-0.2, -0.15) is 0 Å². The minimum atomic E-state index is -0.124. The van der Waals surface area contributed by atoms with Crippen LogP contribution in [0.3, 0.4) is 0 Å². The smallest absolute Gasteiger partial charge is 0.272 e. The Kier molecular flexibility index (Phi) is 5.14. The van der Waals surface area contributed by atoms with Gasteiger partial charge in [-0.3, -0.25) is 4.79 Å². The summed E-state index contributed by atoms with van der Waals surface area (Å²) in [6.45, 7) is 0.937. The molecule has 0 bridgehead atoms. The van der Waals surface area contributed by atoms with Crippen LogP contribution in [0.5, 0.6) is 5.75 Å². The van der Waals surface area contributed by atoms with Crippen LogP contribution in [0.15, 0.2) is 66.0 Å². The molecule has 142 valence electrons. The van der Waals surface area contributed by atoms with Crippen molar-refractivity contribution < 1.29 is 9.53 Å². The number of ether oxygens (including phenoxy) is 1. The summed E-state index contributed by atoms with van der Waals surface area (Å²) >= 11 is 1.63. The van der Waals surface area contributed by atoms with Gasteiger partial charge in [-0.25, -0.2) is 0 Å². The molecule has 0 aliphatic carbocycles. The zero-order chi connectivity index (χ0) is 19.5. The second kappa shape index (κ2) is 7.88. The normalized spacial score (nSPS) is 10.9. The lowest BCUT2D eigenvalue weighted by molar-refractivity contribution is 0.101. The SMILES string of the molecule is Cn1c(C(=O)Nc2cccc(COc3ccc(CN)cc3)c2)cc2sccc21. The lowest BCUT2D eigenvalue weighted by Gasteiger charge is -2.10. The number of fused-ring (bicyclic) bond motifs is 1. The van der Waals surface area contributed by atoms with Gasteiger partial charge in [0.2, 0.25) is 0 Å². The van der Waals surface area contributed by atoms with Gasteiger partial charge in [0.1, 0.15) is 18.1 Å². The van der Waals surface area contributed by atoms with Crippen molar-refractivity contribution in [2.45, 2.75) is 13.2 Å². The zero-order valence-electron chi connectivity index (χ0n) is 15.5. The summed E-state index contributed by atoms with van der Waals surface area (Å²) in [5, 5.41) is 5.01. The molecule has 4 rings (SSSR count). The van der Waals surface area contributed by atoms with Crippen LogP contribution in [-0.2, 0) is 20.2 Å². The van der Waals surface area contributed by atoms with Crippen LogP contribution in [0.4, 0.5) is 5.69 Å². The van der Waals surface area contributed by atoms with Crippen molar-refractivity contribution in [2.24, 2.45) is 12.8 Å². The molecule has 0 aliphatic heterocycles. The molecule has 1 amide bonds. The summed E-state index contributed by atoms with van der Waals surface area (Å²) in [4.78, 5) is 12.7. The Balaban J connectivity index is 1.43. The standard InChI is InChI=1S/C22H21N3O2S/c1-25-19-9-10-28-21(19)12-20(25)22(26)24-17-4-2-3-16(11-17)14-27-18-7-5-15(13-23)6-8-18/h2-12H,13-14,23H2,1H3,(H,24,26). The van der Waals surface area contributed by atoms with E-state index in [1.54, 1.807) is 11.3 Å². The molecule has 0 unspecified atom stereocenters. The van der Waals surface area contributed by atoms with E-state index in [0.29, 0.717) is 18.8 Å². The number of nitrogens with two attached hydrogens (primary N) is 1. The minimum Gasteiger partial charge on any atom is -0.489 e. The maximum Gasteiger partial charge on any atom is 0.272 e. The second-order valence-electron chi connectivity index (χ2n) is 6.55. The highest BCUT2D eigenvalue weighted by atomic mass is 32.1. The number of nitrogens with one attached hydrogen (secondary N) is 1. The molecule has 3 N–H and O–H groups in total. The van der Waals surface area contributed by atoms with E-state index >= 15 is 0 Å². The Bertz CT molecular complexity index is 1110. The van der Waals surface area contributed by atoms with E-state index in [-0.39, 0.29) is 5.91 Å². The summed E-state index contributed by atoms with van der Waals surface area (Å²) < 4.78 is 8.85. The van der Waals surface area contributed by atoms with Crippen LogP contribution in [0.2, 0.25) is 0 Å². The highest BCUT2D eigenvalue weighted by Crippen LogP contribution is 2.25. The number of hydrogen-bond donors (Lipinski definition) is 2. The predicted octanol–water partition coefficient (Wildman–Crippen LogP) is 4.53. The van der Waals surface area contributed by atoms with Crippen LogP contribution in [-0.4, -0.2) is 10.5 Å². The van der Waals surface area contributed by atoms with Crippen molar-refractivity contribution in [3.8, 4) is 5.75 Å². The average Bonchev–Trinajstić information content (AvgIpc) is 3.30. The highest BCUT2D eigenvalue weighted by Gasteiger charge is 2.14. The van der Waals surface area contributed by atoms with E-state index in [4.69, 9.17) is 10.5 Å². The zero-order valence-corrected chi connectivity index (χ0v) is 16.3. The summed E-state index contributed by atoms with van der Waals surface area (Å²) in [6, 6.07) is 19.4. The number of aromatic nitrogens is 1. The Morgan fingerprint density at radius 3 is 2.68 bits per heavy atom. The van der Waals surface area contributed by atoms with Crippen molar-refractivity contribution in [2.75, 3.05) is 5.32 Å². The fraction of sp³-hybridized carbons (Fsp3) is 0.136. The van der Waals surface area contributed by atoms with E-state index in [2.05, 4.69) is 5.32 Å². The molecule has 0 fully saturated rings. The summed E-state index contributed by atoms with van der Waals surface area (Å²) in [6.07, 6.45) is 0. The number of hydrogen-bond acceptors (Lipinski definition) is 4. The average molecular weight is 391 g/mol. The van der Waals surface area contributed by atoms with Crippen LogP contribution in [0.25, 0.3) is 10.2 Å².